The molecule has 2 aromatic heterocycles. The molecular weight excluding hydrogens is 487 g/mol. The summed E-state index contributed by atoms with van der Waals surface area (Å²) in [4.78, 5) is 34.7. The van der Waals surface area contributed by atoms with Gasteiger partial charge in [0.25, 0.3) is 0 Å². The van der Waals surface area contributed by atoms with Crippen LogP contribution >= 0.6 is 0 Å². The van der Waals surface area contributed by atoms with Crippen molar-refractivity contribution in [2.45, 2.75) is 37.7 Å². The van der Waals surface area contributed by atoms with Crippen molar-refractivity contribution in [3.63, 3.8) is 0 Å². The van der Waals surface area contributed by atoms with Gasteiger partial charge < -0.3 is 10.2 Å². The van der Waals surface area contributed by atoms with E-state index in [2.05, 4.69) is 15.3 Å². The van der Waals surface area contributed by atoms with E-state index in [9.17, 15) is 40.3 Å². The maximum absolute atomic E-state index is 14.5. The molecule has 0 radical (unpaired) electrons. The third-order valence-corrected chi connectivity index (χ3v) is 5.69. The van der Waals surface area contributed by atoms with Gasteiger partial charge in [-0.25, -0.2) is 19.2 Å². The Morgan fingerprint density at radius 2 is 1.74 bits per heavy atom. The lowest BCUT2D eigenvalue weighted by molar-refractivity contribution is -0.138. The van der Waals surface area contributed by atoms with E-state index >= 15 is 0 Å². The molecule has 1 N–H and O–H groups in total. The van der Waals surface area contributed by atoms with Crippen molar-refractivity contribution < 1.29 is 40.3 Å². The van der Waals surface area contributed by atoms with Crippen molar-refractivity contribution in [3.05, 3.63) is 47.5 Å². The Morgan fingerprint density at radius 1 is 1.06 bits per heavy atom. The second-order valence-electron chi connectivity index (χ2n) is 8.36. The van der Waals surface area contributed by atoms with Crippen LogP contribution in [0.3, 0.4) is 0 Å². The van der Waals surface area contributed by atoms with Crippen LogP contribution in [0.1, 0.15) is 30.4 Å². The third kappa shape index (κ3) is 5.62. The van der Waals surface area contributed by atoms with Crippen LogP contribution in [0, 0.1) is 11.7 Å². The lowest BCUT2D eigenvalue weighted by Crippen LogP contribution is -2.41. The summed E-state index contributed by atoms with van der Waals surface area (Å²) in [6.07, 6.45) is -5.93. The van der Waals surface area contributed by atoms with E-state index in [1.54, 1.807) is 0 Å². The average molecular weight is 505 g/mol. The second kappa shape index (κ2) is 8.96. The Balaban J connectivity index is 1.51. The number of alkyl halides is 6. The molecule has 0 spiro atoms. The number of halogens is 7. The summed E-state index contributed by atoms with van der Waals surface area (Å²) >= 11 is 0. The summed E-state index contributed by atoms with van der Waals surface area (Å²) in [5.74, 6) is -2.89. The minimum Gasteiger partial charge on any atom is -0.310 e. The Bertz CT molecular complexity index is 1130. The van der Waals surface area contributed by atoms with Crippen molar-refractivity contribution in [2.24, 2.45) is 5.92 Å². The molecule has 3 amide bonds. The van der Waals surface area contributed by atoms with E-state index in [0.717, 1.165) is 34.9 Å². The van der Waals surface area contributed by atoms with Crippen LogP contribution in [0.25, 0.3) is 0 Å². The normalized spacial score (nSPS) is 18.8. The Hall–Kier alpha value is -3.45. The maximum atomic E-state index is 14.5. The predicted molar refractivity (Wildman–Crippen MR) is 108 cm³/mol. The second-order valence-corrected chi connectivity index (χ2v) is 8.36. The third-order valence-electron chi connectivity index (χ3n) is 5.69. The fourth-order valence-corrected chi connectivity index (χ4v) is 3.81. The molecule has 14 heteroatoms. The average Bonchev–Trinajstić information content (AvgIpc) is 3.53. The van der Waals surface area contributed by atoms with Gasteiger partial charge in [0.15, 0.2) is 11.6 Å². The number of hydrogen-bond acceptors (Lipinski definition) is 4. The van der Waals surface area contributed by atoms with Crippen LogP contribution in [0.5, 0.6) is 0 Å². The first-order chi connectivity index (χ1) is 16.3. The number of anilines is 2. The molecule has 188 valence electrons. The zero-order valence-electron chi connectivity index (χ0n) is 17.8. The van der Waals surface area contributed by atoms with Gasteiger partial charge in [0.05, 0.1) is 17.2 Å². The van der Waals surface area contributed by atoms with Crippen LogP contribution < -0.4 is 10.2 Å². The summed E-state index contributed by atoms with van der Waals surface area (Å²) in [7, 11) is 0. The summed E-state index contributed by atoms with van der Waals surface area (Å²) in [6, 6.07) is 0.182. The summed E-state index contributed by atoms with van der Waals surface area (Å²) in [5.41, 5.74) is -2.34. The molecule has 0 bridgehead atoms. The summed E-state index contributed by atoms with van der Waals surface area (Å²) in [6.45, 7) is -0.688. The first-order valence-corrected chi connectivity index (χ1v) is 10.5. The highest BCUT2D eigenvalue weighted by atomic mass is 19.4. The van der Waals surface area contributed by atoms with Gasteiger partial charge in [-0.3, -0.25) is 9.69 Å². The largest absolute Gasteiger partial charge is 0.417 e. The van der Waals surface area contributed by atoms with Gasteiger partial charge in [-0.15, -0.1) is 0 Å². The molecule has 35 heavy (non-hydrogen) atoms. The molecule has 1 aliphatic carbocycles. The molecule has 3 heterocycles. The molecule has 1 saturated carbocycles. The highest BCUT2D eigenvalue weighted by molar-refractivity contribution is 5.99. The molecule has 0 unspecified atom stereocenters. The number of nitrogens with one attached hydrogen (secondary N) is 1. The standard InChI is InChI=1S/C21H18F7N5O2/c22-15-6-13(21(26,27)28)8-30-18(15)33-9-14(5-11-1-2-11)32(19(33)35)10-17(34)31-16-7-12(3-4-29-16)20(23,24)25/h3-4,6-8,11,14H,1-2,5,9-10H2,(H,29,31,34)/t14-/m0/s1. The smallest absolute Gasteiger partial charge is 0.310 e. The fourth-order valence-electron chi connectivity index (χ4n) is 3.81. The van der Waals surface area contributed by atoms with Crippen molar-refractivity contribution in [1.29, 1.82) is 0 Å². The quantitative estimate of drug-likeness (QED) is 0.578. The summed E-state index contributed by atoms with van der Waals surface area (Å²) in [5, 5.41) is 2.20. The number of hydrogen-bond donors (Lipinski definition) is 1. The Morgan fingerprint density at radius 3 is 2.34 bits per heavy atom. The van der Waals surface area contributed by atoms with Crippen LogP contribution in [0.2, 0.25) is 0 Å². The molecule has 1 aliphatic heterocycles. The lowest BCUT2D eigenvalue weighted by atomic mass is 10.1. The summed E-state index contributed by atoms with van der Waals surface area (Å²) < 4.78 is 91.6. The maximum Gasteiger partial charge on any atom is 0.417 e. The van der Waals surface area contributed by atoms with Gasteiger partial charge in [-0.2, -0.15) is 26.3 Å². The predicted octanol–water partition coefficient (Wildman–Crippen LogP) is 4.70. The molecule has 2 aliphatic rings. The number of urea groups is 1. The van der Waals surface area contributed by atoms with Gasteiger partial charge >= 0.3 is 18.4 Å². The van der Waals surface area contributed by atoms with E-state index in [0.29, 0.717) is 18.7 Å². The Kier molecular flexibility index (Phi) is 6.32. The fraction of sp³-hybridized carbons (Fsp3) is 0.429. The molecule has 0 aromatic carbocycles. The van der Waals surface area contributed by atoms with Gasteiger partial charge in [0.2, 0.25) is 5.91 Å². The topological polar surface area (TPSA) is 78.4 Å². The SMILES string of the molecule is O=C(CN1C(=O)N(c2ncc(C(F)(F)F)cc2F)C[C@@H]1CC1CC1)Nc1cc(C(F)(F)F)ccn1. The minimum absolute atomic E-state index is 0.111. The zero-order chi connectivity index (χ0) is 25.5. The number of aromatic nitrogens is 2. The zero-order valence-corrected chi connectivity index (χ0v) is 17.8. The molecule has 7 nitrogen and oxygen atoms in total. The van der Waals surface area contributed by atoms with Crippen molar-refractivity contribution >= 4 is 23.6 Å². The van der Waals surface area contributed by atoms with Gasteiger partial charge in [0, 0.05) is 18.9 Å². The highest BCUT2D eigenvalue weighted by Crippen LogP contribution is 2.38. The van der Waals surface area contributed by atoms with Gasteiger partial charge in [-0.1, -0.05) is 12.8 Å². The first kappa shape index (κ1) is 24.7. The van der Waals surface area contributed by atoms with E-state index in [1.165, 1.54) is 0 Å². The molecule has 2 aromatic rings. The first-order valence-electron chi connectivity index (χ1n) is 10.5. The molecule has 1 atom stereocenters. The molecule has 1 saturated heterocycles. The van der Waals surface area contributed by atoms with E-state index < -0.39 is 59.6 Å². The van der Waals surface area contributed by atoms with Crippen LogP contribution in [0.15, 0.2) is 30.6 Å². The number of pyridine rings is 2. The van der Waals surface area contributed by atoms with Crippen molar-refractivity contribution in [3.8, 4) is 0 Å². The molecular formula is C21H18F7N5O2. The van der Waals surface area contributed by atoms with Crippen molar-refractivity contribution in [2.75, 3.05) is 23.3 Å². The highest BCUT2D eigenvalue weighted by Gasteiger charge is 2.43. The monoisotopic (exact) mass is 505 g/mol. The van der Waals surface area contributed by atoms with Crippen LogP contribution in [-0.4, -0.2) is 45.9 Å². The molecule has 2 fully saturated rings. The number of nitrogens with zero attached hydrogens (tertiary/aromatic N) is 4. The van der Waals surface area contributed by atoms with Gasteiger partial charge in [-0.05, 0) is 30.5 Å². The Labute approximate surface area is 193 Å². The number of rotatable bonds is 6. The van der Waals surface area contributed by atoms with Gasteiger partial charge in [0.1, 0.15) is 12.4 Å². The number of amides is 3. The minimum atomic E-state index is -4.82. The van der Waals surface area contributed by atoms with Crippen LogP contribution in [0.4, 0.5) is 47.2 Å². The number of carbonyl (C=O) groups excluding carboxylic acids is 2. The van der Waals surface area contributed by atoms with Crippen LogP contribution in [-0.2, 0) is 17.1 Å². The van der Waals surface area contributed by atoms with E-state index in [1.807, 2.05) is 0 Å². The lowest BCUT2D eigenvalue weighted by Gasteiger charge is -2.22. The molecule has 4 rings (SSSR count). The van der Waals surface area contributed by atoms with Crippen molar-refractivity contribution in [1.82, 2.24) is 14.9 Å². The number of carbonyl (C=O) groups is 2. The van der Waals surface area contributed by atoms with E-state index in [4.69, 9.17) is 0 Å². The van der Waals surface area contributed by atoms with E-state index in [-0.39, 0.29) is 24.3 Å².